The maximum Gasteiger partial charge on any atom is 0.327 e. The van der Waals surface area contributed by atoms with Gasteiger partial charge in [0.2, 0.25) is 0 Å². The number of carboxylic acids is 1. The lowest BCUT2D eigenvalue weighted by Gasteiger charge is -2.37. The van der Waals surface area contributed by atoms with E-state index in [9.17, 15) is 9.90 Å². The molecular formula is C33H38N4O3. The lowest BCUT2D eigenvalue weighted by Crippen LogP contribution is -2.51. The summed E-state index contributed by atoms with van der Waals surface area (Å²) in [5, 5.41) is 17.8. The summed E-state index contributed by atoms with van der Waals surface area (Å²) in [5.74, 6) is 0.122. The summed E-state index contributed by atoms with van der Waals surface area (Å²) < 4.78 is 8.17. The number of ether oxygens (including phenoxy) is 1. The second-order valence-corrected chi connectivity index (χ2v) is 11.3. The molecule has 2 aliphatic heterocycles. The number of aliphatic carboxylic acids is 1. The van der Waals surface area contributed by atoms with E-state index in [4.69, 9.17) is 9.84 Å². The van der Waals surface area contributed by atoms with Gasteiger partial charge in [0.1, 0.15) is 11.8 Å². The predicted octanol–water partition coefficient (Wildman–Crippen LogP) is 5.86. The summed E-state index contributed by atoms with van der Waals surface area (Å²) in [6.07, 6.45) is 5.21. The van der Waals surface area contributed by atoms with E-state index in [0.717, 1.165) is 83.4 Å². The second kappa shape index (κ2) is 10.6. The third-order valence-corrected chi connectivity index (χ3v) is 8.89. The van der Waals surface area contributed by atoms with Gasteiger partial charge in [-0.1, -0.05) is 61.5 Å². The van der Waals surface area contributed by atoms with E-state index in [1.807, 2.05) is 36.0 Å². The highest BCUT2D eigenvalue weighted by Gasteiger charge is 2.54. The van der Waals surface area contributed by atoms with Gasteiger partial charge in [0.05, 0.1) is 12.3 Å². The van der Waals surface area contributed by atoms with Crippen molar-refractivity contribution in [2.75, 3.05) is 31.6 Å². The molecule has 7 heteroatoms. The SMILES string of the molecule is CCC1(CCCOc2cccc3ccccc23)c2cccc3c2N(CCCN(C)Cc2nn(C)cc2-3)C1C(=O)O. The van der Waals surface area contributed by atoms with Crippen LogP contribution in [-0.2, 0) is 23.8 Å². The number of nitrogens with zero attached hydrogens (tertiary/aromatic N) is 4. The average Bonchev–Trinajstić information content (AvgIpc) is 3.45. The van der Waals surface area contributed by atoms with Gasteiger partial charge in [-0.3, -0.25) is 4.68 Å². The third kappa shape index (κ3) is 4.42. The first-order valence-electron chi connectivity index (χ1n) is 14.4. The first kappa shape index (κ1) is 26.4. The molecule has 0 saturated carbocycles. The van der Waals surface area contributed by atoms with Gasteiger partial charge >= 0.3 is 5.97 Å². The number of para-hydroxylation sites is 1. The lowest BCUT2D eigenvalue weighted by molar-refractivity contribution is -0.140. The number of carboxylic acid groups (broad SMARTS) is 1. The Morgan fingerprint density at radius 2 is 1.85 bits per heavy atom. The Bertz CT molecular complexity index is 1540. The van der Waals surface area contributed by atoms with Crippen molar-refractivity contribution in [1.82, 2.24) is 14.7 Å². The van der Waals surface area contributed by atoms with E-state index in [1.54, 1.807) is 0 Å². The minimum atomic E-state index is -0.754. The molecular weight excluding hydrogens is 500 g/mol. The van der Waals surface area contributed by atoms with Gasteiger partial charge in [0.15, 0.2) is 0 Å². The van der Waals surface area contributed by atoms with Gasteiger partial charge < -0.3 is 19.6 Å². The zero-order valence-electron chi connectivity index (χ0n) is 23.6. The minimum absolute atomic E-state index is 0.512. The summed E-state index contributed by atoms with van der Waals surface area (Å²) >= 11 is 0. The number of aromatic nitrogens is 2. The lowest BCUT2D eigenvalue weighted by atomic mass is 9.70. The molecule has 2 unspecified atom stereocenters. The van der Waals surface area contributed by atoms with Crippen LogP contribution < -0.4 is 9.64 Å². The highest BCUT2D eigenvalue weighted by atomic mass is 16.5. The molecule has 40 heavy (non-hydrogen) atoms. The molecule has 2 aliphatic rings. The van der Waals surface area contributed by atoms with Crippen molar-refractivity contribution in [3.05, 3.63) is 78.1 Å². The molecule has 2 atom stereocenters. The molecule has 0 amide bonds. The molecule has 0 aliphatic carbocycles. The smallest absolute Gasteiger partial charge is 0.327 e. The third-order valence-electron chi connectivity index (χ3n) is 8.89. The Hall–Kier alpha value is -3.84. The van der Waals surface area contributed by atoms with Crippen LogP contribution in [0.5, 0.6) is 5.75 Å². The first-order chi connectivity index (χ1) is 19.4. The van der Waals surface area contributed by atoms with E-state index in [0.29, 0.717) is 13.2 Å². The van der Waals surface area contributed by atoms with Crippen LogP contribution in [0.25, 0.3) is 21.9 Å². The Balaban J connectivity index is 1.37. The van der Waals surface area contributed by atoms with Gasteiger partial charge in [-0.2, -0.15) is 5.10 Å². The zero-order chi connectivity index (χ0) is 27.9. The molecule has 3 heterocycles. The highest BCUT2D eigenvalue weighted by molar-refractivity contribution is 5.93. The van der Waals surface area contributed by atoms with Crippen LogP contribution in [0.15, 0.2) is 66.9 Å². The summed E-state index contributed by atoms with van der Waals surface area (Å²) in [5.41, 5.74) is 4.92. The number of anilines is 1. The van der Waals surface area contributed by atoms with Gasteiger partial charge in [0.25, 0.3) is 0 Å². The standard InChI is InChI=1S/C33H38N4O3/c1-4-33(17-9-20-40-29-16-7-12-23-11-5-6-13-24(23)29)27-15-8-14-25-26-21-36(3)34-28(26)22-35(2)18-10-19-37(30(25)27)31(33)32(38)39/h5-8,11-16,21,31H,4,9-10,17-20,22H2,1-3H3,(H,38,39). The molecule has 4 aromatic rings. The fourth-order valence-corrected chi connectivity index (χ4v) is 7.10. The second-order valence-electron chi connectivity index (χ2n) is 11.3. The van der Waals surface area contributed by atoms with Crippen LogP contribution in [0.3, 0.4) is 0 Å². The van der Waals surface area contributed by atoms with Crippen LogP contribution in [0.1, 0.15) is 43.9 Å². The van der Waals surface area contributed by atoms with Crippen molar-refractivity contribution >= 4 is 22.4 Å². The number of fused-ring (bicyclic) bond motifs is 3. The molecule has 7 nitrogen and oxygen atoms in total. The Labute approximate surface area is 236 Å². The average molecular weight is 539 g/mol. The maximum atomic E-state index is 13.1. The summed E-state index contributed by atoms with van der Waals surface area (Å²) in [7, 11) is 4.07. The van der Waals surface area contributed by atoms with E-state index in [-0.39, 0.29) is 0 Å². The van der Waals surface area contributed by atoms with E-state index in [2.05, 4.69) is 66.4 Å². The number of carbonyl (C=O) groups is 1. The Morgan fingerprint density at radius 1 is 1.05 bits per heavy atom. The molecule has 208 valence electrons. The molecule has 0 spiro atoms. The number of hydrogen-bond donors (Lipinski definition) is 1. The summed E-state index contributed by atoms with van der Waals surface area (Å²) in [6, 6.07) is 20.1. The van der Waals surface area contributed by atoms with Gasteiger partial charge in [-0.25, -0.2) is 4.79 Å². The van der Waals surface area contributed by atoms with Crippen molar-refractivity contribution in [1.29, 1.82) is 0 Å². The Kier molecular flexibility index (Phi) is 7.00. The van der Waals surface area contributed by atoms with Crippen molar-refractivity contribution in [2.24, 2.45) is 7.05 Å². The van der Waals surface area contributed by atoms with Crippen LogP contribution in [0, 0.1) is 0 Å². The van der Waals surface area contributed by atoms with E-state index in [1.165, 1.54) is 0 Å². The first-order valence-corrected chi connectivity index (χ1v) is 14.4. The monoisotopic (exact) mass is 538 g/mol. The largest absolute Gasteiger partial charge is 0.493 e. The molecule has 0 saturated heterocycles. The number of rotatable bonds is 7. The van der Waals surface area contributed by atoms with Crippen LogP contribution in [-0.4, -0.2) is 58.5 Å². The molecule has 0 radical (unpaired) electrons. The van der Waals surface area contributed by atoms with Crippen molar-refractivity contribution in [3.63, 3.8) is 0 Å². The molecule has 0 bridgehead atoms. The van der Waals surface area contributed by atoms with Crippen molar-refractivity contribution < 1.29 is 14.6 Å². The van der Waals surface area contributed by atoms with Gasteiger partial charge in [-0.15, -0.1) is 0 Å². The molecule has 6 rings (SSSR count). The number of benzene rings is 3. The molecule has 1 aromatic heterocycles. The predicted molar refractivity (Wildman–Crippen MR) is 159 cm³/mol. The minimum Gasteiger partial charge on any atom is -0.493 e. The van der Waals surface area contributed by atoms with Crippen molar-refractivity contribution in [2.45, 2.75) is 50.6 Å². The normalized spacial score (nSPS) is 20.8. The topological polar surface area (TPSA) is 70.8 Å². The Morgan fingerprint density at radius 3 is 2.67 bits per heavy atom. The number of aryl methyl sites for hydroxylation is 1. The van der Waals surface area contributed by atoms with Crippen LogP contribution in [0.4, 0.5) is 5.69 Å². The van der Waals surface area contributed by atoms with Crippen molar-refractivity contribution in [3.8, 4) is 16.9 Å². The van der Waals surface area contributed by atoms with E-state index < -0.39 is 17.4 Å². The fraction of sp³-hybridized carbons (Fsp3) is 0.394. The molecule has 0 fully saturated rings. The fourth-order valence-electron chi connectivity index (χ4n) is 7.10. The number of hydrogen-bond acceptors (Lipinski definition) is 5. The molecule has 3 aromatic carbocycles. The maximum absolute atomic E-state index is 13.1. The molecule has 1 N–H and O–H groups in total. The van der Waals surface area contributed by atoms with Crippen LogP contribution in [0.2, 0.25) is 0 Å². The summed E-state index contributed by atoms with van der Waals surface area (Å²) in [6.45, 7) is 5.04. The quantitative estimate of drug-likeness (QED) is 0.298. The highest BCUT2D eigenvalue weighted by Crippen LogP contribution is 2.54. The zero-order valence-corrected chi connectivity index (χ0v) is 23.6. The van der Waals surface area contributed by atoms with Gasteiger partial charge in [-0.05, 0) is 56.3 Å². The van der Waals surface area contributed by atoms with Crippen LogP contribution >= 0.6 is 0 Å². The van der Waals surface area contributed by atoms with E-state index >= 15 is 0 Å². The van der Waals surface area contributed by atoms with Gasteiger partial charge in [0, 0.05) is 53.9 Å². The summed E-state index contributed by atoms with van der Waals surface area (Å²) in [4.78, 5) is 17.6.